The van der Waals surface area contributed by atoms with Crippen LogP contribution in [0, 0.1) is 5.41 Å². The second-order valence-corrected chi connectivity index (χ2v) is 7.28. The number of guanidine groups is 1. The summed E-state index contributed by atoms with van der Waals surface area (Å²) in [6, 6.07) is 7.82. The number of rotatable bonds is 9. The predicted molar refractivity (Wildman–Crippen MR) is 122 cm³/mol. The molecule has 0 fully saturated rings. The highest BCUT2D eigenvalue weighted by Gasteiger charge is 2.17. The number of benzene rings is 1. The van der Waals surface area contributed by atoms with Crippen molar-refractivity contribution >= 4 is 41.5 Å². The molecule has 0 bridgehead atoms. The third-order valence-electron chi connectivity index (χ3n) is 4.12. The maximum atomic E-state index is 11.2. The molecule has 0 unspecified atom stereocenters. The first-order chi connectivity index (χ1) is 11.9. The van der Waals surface area contributed by atoms with Crippen LogP contribution in [0.25, 0.3) is 0 Å². The Labute approximate surface area is 175 Å². The van der Waals surface area contributed by atoms with Crippen molar-refractivity contribution in [2.45, 2.75) is 59.9 Å². The van der Waals surface area contributed by atoms with Crippen LogP contribution in [-0.2, 0) is 11.3 Å². The van der Waals surface area contributed by atoms with Gasteiger partial charge in [0.1, 0.15) is 0 Å². The largest absolute Gasteiger partial charge is 0.356 e. The highest BCUT2D eigenvalue weighted by molar-refractivity contribution is 14.0. The fourth-order valence-electron chi connectivity index (χ4n) is 2.63. The highest BCUT2D eigenvalue weighted by Crippen LogP contribution is 2.22. The Kier molecular flexibility index (Phi) is 12.3. The van der Waals surface area contributed by atoms with Crippen molar-refractivity contribution in [3.05, 3.63) is 29.8 Å². The molecule has 0 heterocycles. The third-order valence-corrected chi connectivity index (χ3v) is 4.12. The van der Waals surface area contributed by atoms with Crippen LogP contribution in [0.15, 0.2) is 29.3 Å². The number of amides is 1. The Morgan fingerprint density at radius 1 is 1.19 bits per heavy atom. The Morgan fingerprint density at radius 2 is 1.92 bits per heavy atom. The monoisotopic (exact) mass is 474 g/mol. The van der Waals surface area contributed by atoms with Crippen molar-refractivity contribution in [2.24, 2.45) is 10.4 Å². The minimum absolute atomic E-state index is 0. The molecule has 1 aromatic carbocycles. The van der Waals surface area contributed by atoms with Gasteiger partial charge in [-0.3, -0.25) is 9.79 Å². The molecular formula is C20H35IN4O. The molecule has 0 saturated carbocycles. The number of carbonyl (C=O) groups excluding carboxylic acids is 1. The first-order valence-corrected chi connectivity index (χ1v) is 9.17. The lowest BCUT2D eigenvalue weighted by Crippen LogP contribution is -2.41. The van der Waals surface area contributed by atoms with Gasteiger partial charge in [0, 0.05) is 32.7 Å². The van der Waals surface area contributed by atoms with E-state index in [1.165, 1.54) is 32.6 Å². The van der Waals surface area contributed by atoms with Gasteiger partial charge in [-0.2, -0.15) is 0 Å². The van der Waals surface area contributed by atoms with Gasteiger partial charge in [0.25, 0.3) is 0 Å². The van der Waals surface area contributed by atoms with Crippen LogP contribution in [0.1, 0.15) is 58.9 Å². The molecule has 1 rings (SSSR count). The average Bonchev–Trinajstić information content (AvgIpc) is 2.55. The first-order valence-electron chi connectivity index (χ1n) is 9.17. The third kappa shape index (κ3) is 10.6. The summed E-state index contributed by atoms with van der Waals surface area (Å²) in [7, 11) is 1.78. The standard InChI is InChI=1S/C20H34N4O.HI/c1-6-7-8-12-20(3,4)15-23-19(21-5)22-14-17-10-9-11-18(13-17)24-16(2)25;/h9-11,13H,6-8,12,14-15H2,1-5H3,(H,24,25)(H2,21,22,23);1H. The number of unbranched alkanes of at least 4 members (excludes halogenated alkanes) is 2. The van der Waals surface area contributed by atoms with E-state index in [2.05, 4.69) is 41.7 Å². The summed E-state index contributed by atoms with van der Waals surface area (Å²) >= 11 is 0. The van der Waals surface area contributed by atoms with Crippen molar-refractivity contribution in [3.8, 4) is 0 Å². The highest BCUT2D eigenvalue weighted by atomic mass is 127. The van der Waals surface area contributed by atoms with Crippen LogP contribution in [0.2, 0.25) is 0 Å². The van der Waals surface area contributed by atoms with Crippen LogP contribution in [-0.4, -0.2) is 25.5 Å². The van der Waals surface area contributed by atoms with Crippen molar-refractivity contribution < 1.29 is 4.79 Å². The van der Waals surface area contributed by atoms with E-state index in [4.69, 9.17) is 0 Å². The van der Waals surface area contributed by atoms with Gasteiger partial charge in [-0.15, -0.1) is 24.0 Å². The van der Waals surface area contributed by atoms with Crippen LogP contribution in [0.3, 0.4) is 0 Å². The molecule has 0 aliphatic carbocycles. The molecule has 1 aromatic rings. The quantitative estimate of drug-likeness (QED) is 0.213. The second kappa shape index (κ2) is 12.9. The van der Waals surface area contributed by atoms with Gasteiger partial charge in [-0.1, -0.05) is 52.2 Å². The molecular weight excluding hydrogens is 439 g/mol. The first kappa shape index (κ1) is 24.7. The van der Waals surface area contributed by atoms with E-state index in [1.807, 2.05) is 24.3 Å². The van der Waals surface area contributed by atoms with Gasteiger partial charge in [-0.05, 0) is 29.5 Å². The molecule has 26 heavy (non-hydrogen) atoms. The summed E-state index contributed by atoms with van der Waals surface area (Å²) in [5.41, 5.74) is 2.15. The number of aliphatic imine (C=N–C) groups is 1. The van der Waals surface area contributed by atoms with Gasteiger partial charge < -0.3 is 16.0 Å². The van der Waals surface area contributed by atoms with Gasteiger partial charge in [0.05, 0.1) is 0 Å². The topological polar surface area (TPSA) is 65.5 Å². The molecule has 148 valence electrons. The number of nitrogens with zero attached hydrogens (tertiary/aromatic N) is 1. The second-order valence-electron chi connectivity index (χ2n) is 7.28. The smallest absolute Gasteiger partial charge is 0.221 e. The number of halogens is 1. The van der Waals surface area contributed by atoms with Gasteiger partial charge >= 0.3 is 0 Å². The van der Waals surface area contributed by atoms with Crippen molar-refractivity contribution in [1.82, 2.24) is 10.6 Å². The van der Waals surface area contributed by atoms with E-state index in [9.17, 15) is 4.79 Å². The van der Waals surface area contributed by atoms with E-state index >= 15 is 0 Å². The maximum Gasteiger partial charge on any atom is 0.221 e. The number of hydrogen-bond acceptors (Lipinski definition) is 2. The lowest BCUT2D eigenvalue weighted by atomic mass is 9.87. The van der Waals surface area contributed by atoms with Crippen LogP contribution < -0.4 is 16.0 Å². The molecule has 1 amide bonds. The van der Waals surface area contributed by atoms with E-state index < -0.39 is 0 Å². The van der Waals surface area contributed by atoms with Crippen molar-refractivity contribution in [1.29, 1.82) is 0 Å². The van der Waals surface area contributed by atoms with Crippen LogP contribution in [0.4, 0.5) is 5.69 Å². The van der Waals surface area contributed by atoms with Crippen molar-refractivity contribution in [2.75, 3.05) is 18.9 Å². The molecule has 6 heteroatoms. The SMILES string of the molecule is CCCCCC(C)(C)CNC(=NC)NCc1cccc(NC(C)=O)c1.I. The molecule has 0 radical (unpaired) electrons. The zero-order valence-electron chi connectivity index (χ0n) is 16.8. The summed E-state index contributed by atoms with van der Waals surface area (Å²) in [6.07, 6.45) is 5.03. The summed E-state index contributed by atoms with van der Waals surface area (Å²) in [5, 5.41) is 9.56. The Morgan fingerprint density at radius 3 is 2.54 bits per heavy atom. The number of hydrogen-bond donors (Lipinski definition) is 3. The minimum atomic E-state index is -0.0621. The molecule has 0 saturated heterocycles. The maximum absolute atomic E-state index is 11.2. The van der Waals surface area contributed by atoms with E-state index in [-0.39, 0.29) is 35.3 Å². The fraction of sp³-hybridized carbons (Fsp3) is 0.600. The molecule has 0 atom stereocenters. The molecule has 5 nitrogen and oxygen atoms in total. The van der Waals surface area contributed by atoms with Gasteiger partial charge in [-0.25, -0.2) is 0 Å². The Hall–Kier alpha value is -1.31. The summed E-state index contributed by atoms with van der Waals surface area (Å²) < 4.78 is 0. The van der Waals surface area contributed by atoms with E-state index in [0.29, 0.717) is 6.54 Å². The average molecular weight is 474 g/mol. The van der Waals surface area contributed by atoms with Gasteiger partial charge in [0.15, 0.2) is 5.96 Å². The number of carbonyl (C=O) groups is 1. The van der Waals surface area contributed by atoms with E-state index in [1.54, 1.807) is 7.05 Å². The lowest BCUT2D eigenvalue weighted by molar-refractivity contribution is -0.114. The number of nitrogens with one attached hydrogen (secondary N) is 3. The summed E-state index contributed by atoms with van der Waals surface area (Å²) in [6.45, 7) is 9.88. The summed E-state index contributed by atoms with van der Waals surface area (Å²) in [4.78, 5) is 15.5. The zero-order valence-corrected chi connectivity index (χ0v) is 19.1. The molecule has 0 aliphatic rings. The van der Waals surface area contributed by atoms with Crippen LogP contribution >= 0.6 is 24.0 Å². The van der Waals surface area contributed by atoms with Crippen molar-refractivity contribution in [3.63, 3.8) is 0 Å². The molecule has 3 N–H and O–H groups in total. The fourth-order valence-corrected chi connectivity index (χ4v) is 2.63. The zero-order chi connectivity index (χ0) is 18.7. The molecule has 0 aliphatic heterocycles. The lowest BCUT2D eigenvalue weighted by Gasteiger charge is -2.26. The van der Waals surface area contributed by atoms with E-state index in [0.717, 1.165) is 23.8 Å². The predicted octanol–water partition coefficient (Wildman–Crippen LogP) is 4.53. The normalized spacial score (nSPS) is 11.5. The van der Waals surface area contributed by atoms with Crippen LogP contribution in [0.5, 0.6) is 0 Å². The Bertz CT molecular complexity index is 573. The van der Waals surface area contributed by atoms with Gasteiger partial charge in [0.2, 0.25) is 5.91 Å². The molecule has 0 aromatic heterocycles. The molecule has 0 spiro atoms. The minimum Gasteiger partial charge on any atom is -0.356 e. The summed E-state index contributed by atoms with van der Waals surface area (Å²) in [5.74, 6) is 0.737. The Balaban J connectivity index is 0.00000625. The number of anilines is 1.